The lowest BCUT2D eigenvalue weighted by Gasteiger charge is -2.38. The molecule has 1 fully saturated rings. The summed E-state index contributed by atoms with van der Waals surface area (Å²) in [6.07, 6.45) is 3.65. The highest BCUT2D eigenvalue weighted by Crippen LogP contribution is 2.26. The Kier molecular flexibility index (Phi) is 8.81. The maximum Gasteiger partial charge on any atom is 0.226 e. The van der Waals surface area contributed by atoms with Crippen LogP contribution in [0.2, 0.25) is 0 Å². The fourth-order valence-electron chi connectivity index (χ4n) is 3.80. The summed E-state index contributed by atoms with van der Waals surface area (Å²) in [5.41, 5.74) is 2.37. The van der Waals surface area contributed by atoms with Crippen LogP contribution in [0.15, 0.2) is 54.6 Å². The van der Waals surface area contributed by atoms with E-state index in [1.54, 1.807) is 7.11 Å². The SMILES string of the molecule is CCC(=O)N(c1ccc(OC)cc1)C1CCN(CCc2ccccc2)CC1.Cl. The monoisotopic (exact) mass is 402 g/mol. The average Bonchev–Trinajstić information content (AvgIpc) is 2.74. The van der Waals surface area contributed by atoms with Gasteiger partial charge in [-0.1, -0.05) is 37.3 Å². The summed E-state index contributed by atoms with van der Waals surface area (Å²) in [5.74, 6) is 1.02. The zero-order valence-corrected chi connectivity index (χ0v) is 17.7. The fourth-order valence-corrected chi connectivity index (χ4v) is 3.80. The van der Waals surface area contributed by atoms with Crippen molar-refractivity contribution >= 4 is 24.0 Å². The van der Waals surface area contributed by atoms with E-state index in [0.29, 0.717) is 6.42 Å². The highest BCUT2D eigenvalue weighted by Gasteiger charge is 2.28. The second-order valence-electron chi connectivity index (χ2n) is 7.12. The van der Waals surface area contributed by atoms with E-state index in [2.05, 4.69) is 35.2 Å². The molecule has 1 aliphatic rings. The molecule has 0 spiro atoms. The largest absolute Gasteiger partial charge is 0.497 e. The average molecular weight is 403 g/mol. The number of ether oxygens (including phenoxy) is 1. The normalized spacial score (nSPS) is 14.9. The summed E-state index contributed by atoms with van der Waals surface area (Å²) < 4.78 is 5.25. The van der Waals surface area contributed by atoms with Crippen LogP contribution < -0.4 is 9.64 Å². The first kappa shape index (κ1) is 22.3. The van der Waals surface area contributed by atoms with Crippen LogP contribution in [0.3, 0.4) is 0 Å². The number of hydrogen-bond acceptors (Lipinski definition) is 3. The predicted molar refractivity (Wildman–Crippen MR) is 118 cm³/mol. The van der Waals surface area contributed by atoms with Crippen LogP contribution in [-0.2, 0) is 11.2 Å². The van der Waals surface area contributed by atoms with Crippen LogP contribution in [0.5, 0.6) is 5.75 Å². The van der Waals surface area contributed by atoms with Crippen molar-refractivity contribution in [1.29, 1.82) is 0 Å². The maximum absolute atomic E-state index is 12.6. The van der Waals surface area contributed by atoms with Crippen molar-refractivity contribution in [3.63, 3.8) is 0 Å². The molecule has 152 valence electrons. The number of rotatable bonds is 7. The van der Waals surface area contributed by atoms with Gasteiger partial charge in [0.15, 0.2) is 0 Å². The van der Waals surface area contributed by atoms with Gasteiger partial charge in [-0.2, -0.15) is 0 Å². The van der Waals surface area contributed by atoms with Gasteiger partial charge in [0.1, 0.15) is 5.75 Å². The molecule has 5 heteroatoms. The number of carbonyl (C=O) groups excluding carboxylic acids is 1. The van der Waals surface area contributed by atoms with Gasteiger partial charge < -0.3 is 14.5 Å². The number of amides is 1. The first-order chi connectivity index (χ1) is 13.2. The molecule has 1 saturated heterocycles. The Bertz CT molecular complexity index is 713. The van der Waals surface area contributed by atoms with Crippen molar-refractivity contribution in [2.24, 2.45) is 0 Å². The van der Waals surface area contributed by atoms with Crippen molar-refractivity contribution in [1.82, 2.24) is 4.90 Å². The van der Waals surface area contributed by atoms with E-state index < -0.39 is 0 Å². The van der Waals surface area contributed by atoms with Crippen LogP contribution in [-0.4, -0.2) is 43.6 Å². The number of anilines is 1. The molecule has 2 aromatic rings. The molecular formula is C23H31ClN2O2. The Morgan fingerprint density at radius 1 is 1.07 bits per heavy atom. The smallest absolute Gasteiger partial charge is 0.226 e. The first-order valence-corrected chi connectivity index (χ1v) is 9.93. The molecule has 4 nitrogen and oxygen atoms in total. The van der Waals surface area contributed by atoms with Gasteiger partial charge in [-0.05, 0) is 49.1 Å². The van der Waals surface area contributed by atoms with Crippen LogP contribution in [0.1, 0.15) is 31.7 Å². The lowest BCUT2D eigenvalue weighted by molar-refractivity contribution is -0.119. The first-order valence-electron chi connectivity index (χ1n) is 9.93. The summed E-state index contributed by atoms with van der Waals surface area (Å²) in [4.78, 5) is 17.2. The fraction of sp³-hybridized carbons (Fsp3) is 0.435. The number of hydrogen-bond donors (Lipinski definition) is 0. The van der Waals surface area contributed by atoms with Crippen LogP contribution in [0.25, 0.3) is 0 Å². The lowest BCUT2D eigenvalue weighted by atomic mass is 10.0. The van der Waals surface area contributed by atoms with Crippen LogP contribution in [0, 0.1) is 0 Å². The van der Waals surface area contributed by atoms with Crippen LogP contribution in [0.4, 0.5) is 5.69 Å². The molecule has 0 aromatic heterocycles. The summed E-state index contributed by atoms with van der Waals surface area (Å²) in [6.45, 7) is 5.11. The van der Waals surface area contributed by atoms with Gasteiger partial charge in [-0.25, -0.2) is 0 Å². The number of nitrogens with zero attached hydrogens (tertiary/aromatic N) is 2. The van der Waals surface area contributed by atoms with E-state index in [1.165, 1.54) is 5.56 Å². The molecule has 1 heterocycles. The van der Waals surface area contributed by atoms with E-state index in [9.17, 15) is 4.79 Å². The Balaban J connectivity index is 0.00000280. The van der Waals surface area contributed by atoms with Gasteiger partial charge in [0.2, 0.25) is 5.91 Å². The number of likely N-dealkylation sites (tertiary alicyclic amines) is 1. The Hall–Kier alpha value is -2.04. The Morgan fingerprint density at radius 2 is 1.71 bits per heavy atom. The van der Waals surface area contributed by atoms with E-state index in [0.717, 1.165) is 50.3 Å². The molecule has 28 heavy (non-hydrogen) atoms. The van der Waals surface area contributed by atoms with Gasteiger partial charge in [0.05, 0.1) is 7.11 Å². The summed E-state index contributed by atoms with van der Waals surface area (Å²) in [7, 11) is 1.66. The quantitative estimate of drug-likeness (QED) is 0.680. The third-order valence-corrected chi connectivity index (χ3v) is 5.40. The molecular weight excluding hydrogens is 372 g/mol. The molecule has 0 unspecified atom stereocenters. The third-order valence-electron chi connectivity index (χ3n) is 5.40. The van der Waals surface area contributed by atoms with Gasteiger partial charge in [0.25, 0.3) is 0 Å². The molecule has 0 N–H and O–H groups in total. The maximum atomic E-state index is 12.6. The Morgan fingerprint density at radius 3 is 2.29 bits per heavy atom. The van der Waals surface area contributed by atoms with Crippen molar-refractivity contribution in [3.8, 4) is 5.75 Å². The molecule has 0 bridgehead atoms. The zero-order chi connectivity index (χ0) is 19.1. The van der Waals surface area contributed by atoms with Crippen molar-refractivity contribution < 1.29 is 9.53 Å². The molecule has 0 atom stereocenters. The van der Waals surface area contributed by atoms with E-state index in [-0.39, 0.29) is 24.4 Å². The summed E-state index contributed by atoms with van der Waals surface area (Å²) >= 11 is 0. The summed E-state index contributed by atoms with van der Waals surface area (Å²) in [6, 6.07) is 18.8. The number of piperidine rings is 1. The predicted octanol–water partition coefficient (Wildman–Crippen LogP) is 4.57. The highest BCUT2D eigenvalue weighted by atomic mass is 35.5. The third kappa shape index (κ3) is 5.73. The molecule has 3 rings (SSSR count). The van der Waals surface area contributed by atoms with Crippen LogP contribution >= 0.6 is 12.4 Å². The molecule has 1 amide bonds. The minimum Gasteiger partial charge on any atom is -0.497 e. The van der Waals surface area contributed by atoms with E-state index >= 15 is 0 Å². The van der Waals surface area contributed by atoms with E-state index in [1.807, 2.05) is 36.1 Å². The zero-order valence-electron chi connectivity index (χ0n) is 16.8. The van der Waals surface area contributed by atoms with Crippen molar-refractivity contribution in [2.75, 3.05) is 31.6 Å². The number of halogens is 1. The number of benzene rings is 2. The van der Waals surface area contributed by atoms with Crippen molar-refractivity contribution in [2.45, 2.75) is 38.6 Å². The minimum absolute atomic E-state index is 0. The summed E-state index contributed by atoms with van der Waals surface area (Å²) in [5, 5.41) is 0. The van der Waals surface area contributed by atoms with Gasteiger partial charge in [0, 0.05) is 37.8 Å². The number of methoxy groups -OCH3 is 1. The second-order valence-corrected chi connectivity index (χ2v) is 7.12. The molecule has 0 radical (unpaired) electrons. The Labute approximate surface area is 174 Å². The molecule has 1 aliphatic heterocycles. The molecule has 0 aliphatic carbocycles. The number of carbonyl (C=O) groups is 1. The standard InChI is InChI=1S/C23H30N2O2.ClH/c1-3-23(26)25(20-9-11-22(27-2)12-10-20)21-14-17-24(18-15-21)16-13-19-7-5-4-6-8-19;/h4-12,21H,3,13-18H2,1-2H3;1H. The van der Waals surface area contributed by atoms with Crippen molar-refractivity contribution in [3.05, 3.63) is 60.2 Å². The molecule has 2 aromatic carbocycles. The van der Waals surface area contributed by atoms with Gasteiger partial charge in [-0.15, -0.1) is 12.4 Å². The van der Waals surface area contributed by atoms with Gasteiger partial charge >= 0.3 is 0 Å². The van der Waals surface area contributed by atoms with E-state index in [4.69, 9.17) is 4.74 Å². The highest BCUT2D eigenvalue weighted by molar-refractivity contribution is 5.93. The molecule has 0 saturated carbocycles. The second kappa shape index (κ2) is 11.1. The topological polar surface area (TPSA) is 32.8 Å². The lowest BCUT2D eigenvalue weighted by Crippen LogP contribution is -2.47. The minimum atomic E-state index is 0. The van der Waals surface area contributed by atoms with Gasteiger partial charge in [-0.3, -0.25) is 4.79 Å².